The first-order chi connectivity index (χ1) is 56.0. The standard InChI is InChI=1S/2C36H26ClF9N8O5S/c2*1-52-29-24(6-4-21(37)27(29)32(50-52)51-60(2,57)58)54-33(48-22-5-3-17(59-36(44,45)46)11-19(22)34(54)56)23(9-14-7-15(38)10-16(39)8-14)47-25(55)13-53-30-26(28(49-53)31(40)41)18-12-20(18)35(30,42)43/h2*3-8,10-11,18,20,23,31H,9,12-13H2,1-2H3,(H,47,55)(H,50,51)/t18-,20+,23?;18-,20+,23-/m00/s1. The number of carbonyl (C=O) groups excluding carboxylic acids is 2. The Bertz CT molecular complexity index is 6260. The number of aryl methyl sites for hydroxylation is 2. The van der Waals surface area contributed by atoms with E-state index in [1.807, 2.05) is 0 Å². The molecule has 0 aliphatic heterocycles. The molecule has 0 radical (unpaired) electrons. The number of benzene rings is 6. The zero-order chi connectivity index (χ0) is 86.8. The summed E-state index contributed by atoms with van der Waals surface area (Å²) in [7, 11) is -5.34. The van der Waals surface area contributed by atoms with Crippen LogP contribution in [-0.2, 0) is 81.5 Å². The van der Waals surface area contributed by atoms with Crippen molar-refractivity contribution in [1.82, 2.24) is 68.9 Å². The van der Waals surface area contributed by atoms with Crippen molar-refractivity contribution >= 4 is 110 Å². The SMILES string of the molecule is Cn1nc(NS(C)(=O)=O)c2c(Cl)ccc(-n3c(C(Cc4cc(F)cc(F)c4)NC(=O)Cn4nc(C(F)F)c5c4C(F)(F)[C@@H]4C[C@H]54)nc4ccc(OC(F)(F)F)cc4c3=O)c21.Cn1nc(NS(C)(=O)=O)c2c(Cl)ccc(-n3c([C@H](Cc4cc(F)cc(F)c4)NC(=O)Cn4nc(C(F)F)c5c4C(F)(F)[C@@H]4C[C@H]54)nc4ccc(OC(F)(F)F)cc4c3=O)c21. The number of sulfonamides is 2. The summed E-state index contributed by atoms with van der Waals surface area (Å²) in [6, 6.07) is 11.2. The van der Waals surface area contributed by atoms with Gasteiger partial charge in [0.15, 0.2) is 11.6 Å². The van der Waals surface area contributed by atoms with E-state index in [-0.39, 0.29) is 101 Å². The lowest BCUT2D eigenvalue weighted by molar-refractivity contribution is -0.275. The Hall–Kier alpha value is -11.7. The number of fused-ring (bicyclic) bond motifs is 10. The lowest BCUT2D eigenvalue weighted by Gasteiger charge is -2.24. The second-order valence-corrected chi connectivity index (χ2v) is 32.8. The van der Waals surface area contributed by atoms with Crippen LogP contribution in [0, 0.1) is 35.1 Å². The number of aromatic nitrogens is 12. The fraction of sp³-hybridized carbons (Fsp3) is 0.306. The molecule has 2 saturated carbocycles. The van der Waals surface area contributed by atoms with Crippen LogP contribution in [0.2, 0.25) is 10.0 Å². The molecule has 6 atom stereocenters. The van der Waals surface area contributed by atoms with Crippen molar-refractivity contribution in [3.63, 3.8) is 0 Å². The monoisotopic (exact) mass is 1780 g/mol. The van der Waals surface area contributed by atoms with Gasteiger partial charge in [0.1, 0.15) is 82.3 Å². The van der Waals surface area contributed by atoms with E-state index in [0.29, 0.717) is 21.5 Å². The Kier molecular flexibility index (Phi) is 20.6. The van der Waals surface area contributed by atoms with Crippen LogP contribution in [0.15, 0.2) is 107 Å². The molecule has 48 heteroatoms. The number of halogens is 20. The molecule has 6 aromatic heterocycles. The fourth-order valence-electron chi connectivity index (χ4n) is 15.5. The van der Waals surface area contributed by atoms with Gasteiger partial charge in [-0.05, 0) is 121 Å². The van der Waals surface area contributed by atoms with Crippen LogP contribution in [-0.4, -0.2) is 112 Å². The van der Waals surface area contributed by atoms with Crippen molar-refractivity contribution in [3.05, 3.63) is 208 Å². The van der Waals surface area contributed by atoms with Crippen molar-refractivity contribution in [2.75, 3.05) is 22.0 Å². The summed E-state index contributed by atoms with van der Waals surface area (Å²) >= 11 is 13.0. The van der Waals surface area contributed by atoms with Gasteiger partial charge in [0.2, 0.25) is 31.9 Å². The Morgan fingerprint density at radius 1 is 0.533 bits per heavy atom. The van der Waals surface area contributed by atoms with Crippen molar-refractivity contribution in [3.8, 4) is 22.9 Å². The number of carbonyl (C=O) groups is 2. The van der Waals surface area contributed by atoms with Gasteiger partial charge in [-0.1, -0.05) is 23.2 Å². The van der Waals surface area contributed by atoms with Crippen LogP contribution >= 0.6 is 23.2 Å². The normalized spacial score (nSPS) is 17.6. The zero-order valence-corrected chi connectivity index (χ0v) is 64.1. The van der Waals surface area contributed by atoms with Crippen LogP contribution in [0.5, 0.6) is 11.5 Å². The van der Waals surface area contributed by atoms with Gasteiger partial charge in [0.05, 0.1) is 89.6 Å². The maximum Gasteiger partial charge on any atom is 0.573 e. The highest BCUT2D eigenvalue weighted by molar-refractivity contribution is 7.92. The summed E-state index contributed by atoms with van der Waals surface area (Å²) in [5.74, 6) is -21.3. The van der Waals surface area contributed by atoms with E-state index < -0.39 is 222 Å². The van der Waals surface area contributed by atoms with Gasteiger partial charge < -0.3 is 20.1 Å². The summed E-state index contributed by atoms with van der Waals surface area (Å²) in [6.45, 7) is -2.16. The molecule has 2 amide bonds. The molecule has 6 heterocycles. The van der Waals surface area contributed by atoms with Crippen molar-refractivity contribution in [2.24, 2.45) is 25.9 Å². The van der Waals surface area contributed by atoms with Crippen LogP contribution in [0.25, 0.3) is 55.0 Å². The Morgan fingerprint density at radius 2 is 0.883 bits per heavy atom. The minimum atomic E-state index is -5.19. The number of rotatable bonds is 22. The van der Waals surface area contributed by atoms with Crippen LogP contribution in [0.4, 0.5) is 90.7 Å². The van der Waals surface area contributed by atoms with Gasteiger partial charge in [-0.15, -0.1) is 26.3 Å². The van der Waals surface area contributed by atoms with Gasteiger partial charge in [0, 0.05) is 62.0 Å². The van der Waals surface area contributed by atoms with Crippen molar-refractivity contribution in [1.29, 1.82) is 0 Å². The van der Waals surface area contributed by atoms with Gasteiger partial charge >= 0.3 is 12.7 Å². The fourth-order valence-corrected chi connectivity index (χ4v) is 17.0. The third-order valence-corrected chi connectivity index (χ3v) is 21.8. The number of alkyl halides is 14. The molecule has 0 spiro atoms. The molecule has 26 nitrogen and oxygen atoms in total. The number of nitrogens with one attached hydrogen (secondary N) is 4. The Labute approximate surface area is 669 Å². The third-order valence-electron chi connectivity index (χ3n) is 20.0. The molecule has 632 valence electrons. The van der Waals surface area contributed by atoms with Crippen LogP contribution in [0.1, 0.15) is 106 Å². The lowest BCUT2D eigenvalue weighted by atomic mass is 10.0. The largest absolute Gasteiger partial charge is 0.573 e. The smallest absolute Gasteiger partial charge is 0.406 e. The lowest BCUT2D eigenvalue weighted by Crippen LogP contribution is -2.38. The molecule has 12 aromatic rings. The van der Waals surface area contributed by atoms with Crippen molar-refractivity contribution < 1.29 is 115 Å². The molecule has 0 bridgehead atoms. The van der Waals surface area contributed by atoms with Gasteiger partial charge in [-0.25, -0.2) is 61.9 Å². The zero-order valence-electron chi connectivity index (χ0n) is 60.9. The predicted octanol–water partition coefficient (Wildman–Crippen LogP) is 13.8. The number of hydrogen-bond donors (Lipinski definition) is 4. The topological polar surface area (TPSA) is 310 Å². The molecule has 16 rings (SSSR count). The first-order valence-corrected chi connectivity index (χ1v) is 39.5. The summed E-state index contributed by atoms with van der Waals surface area (Å²) in [5, 5.41) is 19.3. The maximum atomic E-state index is 15.4. The molecule has 4 aliphatic carbocycles. The van der Waals surface area contributed by atoms with Gasteiger partial charge in [-0.3, -0.25) is 56.5 Å². The minimum Gasteiger partial charge on any atom is -0.406 e. The van der Waals surface area contributed by atoms with Crippen LogP contribution in [0.3, 0.4) is 0 Å². The number of nitrogens with zero attached hydrogens (tertiary/aromatic N) is 12. The molecule has 2 fully saturated rings. The molecule has 1 unspecified atom stereocenters. The first kappa shape index (κ1) is 83.4. The molecule has 6 aromatic carbocycles. The summed E-state index contributed by atoms with van der Waals surface area (Å²) < 4.78 is 322. The second-order valence-electron chi connectivity index (χ2n) is 28.5. The summed E-state index contributed by atoms with van der Waals surface area (Å²) in [5.41, 5.74) is -7.97. The average Bonchev–Trinajstić information content (AvgIpc) is 1.51. The number of hydrogen-bond acceptors (Lipinski definition) is 16. The van der Waals surface area contributed by atoms with E-state index >= 15 is 17.6 Å². The molecule has 4 aliphatic rings. The van der Waals surface area contributed by atoms with Crippen molar-refractivity contribution in [2.45, 2.75) is 100 Å². The highest BCUT2D eigenvalue weighted by Gasteiger charge is 2.68. The van der Waals surface area contributed by atoms with Gasteiger partial charge in [-0.2, -0.15) is 38.0 Å². The summed E-state index contributed by atoms with van der Waals surface area (Å²) in [6.07, 6.45) is -16.6. The van der Waals surface area contributed by atoms with Gasteiger partial charge in [0.25, 0.3) is 35.8 Å². The average molecular weight is 1780 g/mol. The summed E-state index contributed by atoms with van der Waals surface area (Å²) in [4.78, 5) is 66.3. The Balaban J connectivity index is 0.000000187. The van der Waals surface area contributed by atoms with E-state index in [1.165, 1.54) is 38.4 Å². The first-order valence-electron chi connectivity index (χ1n) is 35.0. The quantitative estimate of drug-likeness (QED) is 0.0458. The number of amides is 2. The predicted molar refractivity (Wildman–Crippen MR) is 389 cm³/mol. The molecule has 120 heavy (non-hydrogen) atoms. The van der Waals surface area contributed by atoms with E-state index in [9.17, 15) is 97.5 Å². The maximum absolute atomic E-state index is 15.4. The number of ether oxygens (including phenoxy) is 2. The highest BCUT2D eigenvalue weighted by Crippen LogP contribution is 2.69. The Morgan fingerprint density at radius 3 is 1.21 bits per heavy atom. The van der Waals surface area contributed by atoms with E-state index in [0.717, 1.165) is 91.7 Å². The highest BCUT2D eigenvalue weighted by atomic mass is 35.5. The third kappa shape index (κ3) is 15.9. The minimum absolute atomic E-state index is 0.0562. The molecular weight excluding hydrogens is 1730 g/mol. The second kappa shape index (κ2) is 29.6. The van der Waals surface area contributed by atoms with E-state index in [1.54, 1.807) is 0 Å². The molecule has 4 N–H and O–H groups in total. The molecular formula is C72H52Cl2F18N16O10S2. The molecule has 0 saturated heterocycles. The van der Waals surface area contributed by atoms with E-state index in [2.05, 4.69) is 59.9 Å². The van der Waals surface area contributed by atoms with Crippen LogP contribution < -0.4 is 40.7 Å². The van der Waals surface area contributed by atoms with E-state index in [4.69, 9.17) is 23.2 Å². The number of anilines is 2.